The van der Waals surface area contributed by atoms with Crippen LogP contribution in [0.25, 0.3) is 0 Å². The first-order valence-corrected chi connectivity index (χ1v) is 10.6. The summed E-state index contributed by atoms with van der Waals surface area (Å²) in [5, 5.41) is 34.7. The molecule has 1 saturated carbocycles. The first kappa shape index (κ1) is 23.1. The van der Waals surface area contributed by atoms with E-state index < -0.39 is 11.5 Å². The van der Waals surface area contributed by atoms with Gasteiger partial charge in [-0.05, 0) is 44.7 Å². The monoisotopic (exact) mass is 437 g/mol. The molecule has 5 N–H and O–H groups in total. The molecule has 32 heavy (non-hydrogen) atoms. The first-order chi connectivity index (χ1) is 15.3. The normalized spacial score (nSPS) is 24.2. The molecular formula is C24H29N4O4+. The zero-order valence-electron chi connectivity index (χ0n) is 18.3. The third-order valence-corrected chi connectivity index (χ3v) is 5.64. The molecule has 1 aromatic rings. The fourth-order valence-corrected chi connectivity index (χ4v) is 3.67. The zero-order valence-corrected chi connectivity index (χ0v) is 18.3. The Balaban J connectivity index is 1.77. The number of allylic oxidation sites excluding steroid dienone is 3. The van der Waals surface area contributed by atoms with Crippen molar-refractivity contribution in [3.05, 3.63) is 65.0 Å². The lowest BCUT2D eigenvalue weighted by atomic mass is 9.83. The minimum absolute atomic E-state index is 0.0780. The Bertz CT molecular complexity index is 1040. The molecule has 0 bridgehead atoms. The number of hydrogen-bond donors (Lipinski definition) is 5. The van der Waals surface area contributed by atoms with Crippen LogP contribution in [0.4, 0.5) is 0 Å². The molecule has 2 aliphatic rings. The van der Waals surface area contributed by atoms with Gasteiger partial charge < -0.3 is 25.9 Å². The highest BCUT2D eigenvalue weighted by Crippen LogP contribution is 2.28. The Morgan fingerprint density at radius 1 is 1.41 bits per heavy atom. The number of aromatic nitrogens is 1. The van der Waals surface area contributed by atoms with Gasteiger partial charge in [0, 0.05) is 47.7 Å². The van der Waals surface area contributed by atoms with Gasteiger partial charge in [-0.1, -0.05) is 5.92 Å². The van der Waals surface area contributed by atoms with Crippen molar-refractivity contribution < 1.29 is 24.6 Å². The van der Waals surface area contributed by atoms with Gasteiger partial charge in [0.1, 0.15) is 11.4 Å². The Morgan fingerprint density at radius 3 is 2.78 bits per heavy atom. The number of aryl methyl sites for hydroxylation is 1. The van der Waals surface area contributed by atoms with Crippen molar-refractivity contribution in [1.82, 2.24) is 10.6 Å². The van der Waals surface area contributed by atoms with Crippen LogP contribution in [0.2, 0.25) is 0 Å². The standard InChI is InChI=1S/C24H28N4O4/c1-4-24(30)11-9-18(10-12-24)26-15-17-13-20(22(32-5-2)14-19(17)25)27-23(29)21-8-6-7-16(3)28(21)31/h1,6-8,13-15,18,25,29-31H,5,9-12H2,2-3H3/p+1. The number of rotatable bonds is 6. The summed E-state index contributed by atoms with van der Waals surface area (Å²) in [6.45, 7) is 3.87. The molecule has 1 heterocycles. The van der Waals surface area contributed by atoms with Crippen molar-refractivity contribution in [2.24, 2.45) is 0 Å². The van der Waals surface area contributed by atoms with E-state index in [1.807, 2.05) is 6.92 Å². The molecule has 1 aromatic heterocycles. The van der Waals surface area contributed by atoms with Gasteiger partial charge >= 0.3 is 11.6 Å². The van der Waals surface area contributed by atoms with E-state index in [-0.39, 0.29) is 17.4 Å². The number of aliphatic hydroxyl groups is 1. The largest absolute Gasteiger partial charge is 0.492 e. The van der Waals surface area contributed by atoms with Crippen LogP contribution in [0, 0.1) is 24.7 Å². The zero-order chi connectivity index (χ0) is 23.3. The van der Waals surface area contributed by atoms with Crippen molar-refractivity contribution in [1.29, 1.82) is 5.41 Å². The maximum atomic E-state index is 12.8. The third kappa shape index (κ3) is 5.18. The summed E-state index contributed by atoms with van der Waals surface area (Å²) < 4.78 is 6.43. The summed E-state index contributed by atoms with van der Waals surface area (Å²) in [5.74, 6) is 2.33. The van der Waals surface area contributed by atoms with Crippen LogP contribution in [0.1, 0.15) is 48.8 Å². The average Bonchev–Trinajstić information content (AvgIpc) is 2.77. The first-order valence-electron chi connectivity index (χ1n) is 10.6. The molecule has 0 unspecified atom stereocenters. The SMILES string of the molecule is C#CC1(O)CCC(N/C=C2/C=C(NC(=O)c3cccc(C)[n+]3O)C(OCC)=CC2=N)CC1. The van der Waals surface area contributed by atoms with E-state index in [9.17, 15) is 15.1 Å². The highest BCUT2D eigenvalue weighted by atomic mass is 16.5. The summed E-state index contributed by atoms with van der Waals surface area (Å²) in [6.07, 6.45) is 12.8. The quantitative estimate of drug-likeness (QED) is 0.265. The van der Waals surface area contributed by atoms with E-state index in [1.54, 1.807) is 37.4 Å². The molecular weight excluding hydrogens is 408 g/mol. The minimum Gasteiger partial charge on any atom is -0.492 e. The minimum atomic E-state index is -1.03. The van der Waals surface area contributed by atoms with Gasteiger partial charge in [-0.2, -0.15) is 0 Å². The van der Waals surface area contributed by atoms with E-state index in [2.05, 4.69) is 16.6 Å². The lowest BCUT2D eigenvalue weighted by Crippen LogP contribution is -2.44. The Labute approximate surface area is 187 Å². The van der Waals surface area contributed by atoms with Crippen molar-refractivity contribution in [2.75, 3.05) is 6.61 Å². The summed E-state index contributed by atoms with van der Waals surface area (Å²) in [5.41, 5.74) is 0.772. The maximum Gasteiger partial charge on any atom is 0.325 e. The molecule has 168 valence electrons. The molecule has 3 rings (SSSR count). The second kappa shape index (κ2) is 9.71. The second-order valence-corrected chi connectivity index (χ2v) is 7.95. The molecule has 0 atom stereocenters. The number of amides is 1. The number of pyridine rings is 1. The number of nitrogens with zero attached hydrogens (tertiary/aromatic N) is 1. The highest BCUT2D eigenvalue weighted by Gasteiger charge is 2.31. The Hall–Kier alpha value is -3.57. The van der Waals surface area contributed by atoms with Gasteiger partial charge in [0.15, 0.2) is 0 Å². The van der Waals surface area contributed by atoms with Crippen LogP contribution < -0.4 is 15.4 Å². The fourth-order valence-electron chi connectivity index (χ4n) is 3.67. The number of hydrogen-bond acceptors (Lipinski definition) is 6. The molecule has 0 aliphatic heterocycles. The van der Waals surface area contributed by atoms with Crippen molar-refractivity contribution >= 4 is 11.6 Å². The van der Waals surface area contributed by atoms with Crippen molar-refractivity contribution in [3.63, 3.8) is 0 Å². The van der Waals surface area contributed by atoms with Crippen molar-refractivity contribution in [3.8, 4) is 12.3 Å². The summed E-state index contributed by atoms with van der Waals surface area (Å²) in [6, 6.07) is 5.01. The van der Waals surface area contributed by atoms with Gasteiger partial charge in [0.05, 0.1) is 18.0 Å². The van der Waals surface area contributed by atoms with Gasteiger partial charge in [-0.25, -0.2) is 0 Å². The summed E-state index contributed by atoms with van der Waals surface area (Å²) in [7, 11) is 0. The van der Waals surface area contributed by atoms with Crippen LogP contribution in [-0.2, 0) is 4.74 Å². The number of carbonyl (C=O) groups is 1. The number of carbonyl (C=O) groups excluding carboxylic acids is 1. The van der Waals surface area contributed by atoms with E-state index in [0.29, 0.717) is 42.2 Å². The van der Waals surface area contributed by atoms with E-state index in [4.69, 9.17) is 16.6 Å². The van der Waals surface area contributed by atoms with Crippen LogP contribution in [0.3, 0.4) is 0 Å². The number of ether oxygens (including phenoxy) is 1. The molecule has 0 radical (unpaired) electrons. The van der Waals surface area contributed by atoms with Crippen LogP contribution >= 0.6 is 0 Å². The van der Waals surface area contributed by atoms with Gasteiger partial charge in [-0.3, -0.25) is 10.0 Å². The Morgan fingerprint density at radius 2 is 2.12 bits per heavy atom. The molecule has 1 fully saturated rings. The van der Waals surface area contributed by atoms with Crippen molar-refractivity contribution in [2.45, 2.75) is 51.2 Å². The van der Waals surface area contributed by atoms with E-state index in [0.717, 1.165) is 17.6 Å². The second-order valence-electron chi connectivity index (χ2n) is 7.95. The van der Waals surface area contributed by atoms with E-state index >= 15 is 0 Å². The van der Waals surface area contributed by atoms with E-state index in [1.165, 1.54) is 6.07 Å². The molecule has 8 heteroatoms. The van der Waals surface area contributed by atoms with Crippen LogP contribution in [-0.4, -0.2) is 40.2 Å². The van der Waals surface area contributed by atoms with Gasteiger partial charge in [-0.15, -0.1) is 6.42 Å². The van der Waals surface area contributed by atoms with Gasteiger partial charge in [0.25, 0.3) is 0 Å². The predicted molar refractivity (Wildman–Crippen MR) is 119 cm³/mol. The fraction of sp³-hybridized carbons (Fsp3) is 0.375. The van der Waals surface area contributed by atoms with Crippen LogP contribution in [0.15, 0.2) is 53.6 Å². The van der Waals surface area contributed by atoms with Crippen LogP contribution in [0.5, 0.6) is 0 Å². The summed E-state index contributed by atoms with van der Waals surface area (Å²) in [4.78, 5) is 12.8. The lowest BCUT2D eigenvalue weighted by Gasteiger charge is -2.32. The molecule has 0 aromatic carbocycles. The molecule has 0 spiro atoms. The lowest BCUT2D eigenvalue weighted by molar-refractivity contribution is -0.909. The average molecular weight is 438 g/mol. The molecule has 1 amide bonds. The third-order valence-electron chi connectivity index (χ3n) is 5.64. The Kier molecular flexibility index (Phi) is 7.01. The summed E-state index contributed by atoms with van der Waals surface area (Å²) >= 11 is 0. The van der Waals surface area contributed by atoms with Gasteiger partial charge in [0.2, 0.25) is 5.69 Å². The molecule has 0 saturated heterocycles. The number of nitrogens with one attached hydrogen (secondary N) is 3. The maximum absolute atomic E-state index is 12.8. The topological polar surface area (TPSA) is 119 Å². The smallest absolute Gasteiger partial charge is 0.325 e. The number of terminal acetylenes is 1. The molecule has 2 aliphatic carbocycles. The molecule has 8 nitrogen and oxygen atoms in total. The highest BCUT2D eigenvalue weighted by molar-refractivity contribution is 6.10. The predicted octanol–water partition coefficient (Wildman–Crippen LogP) is 1.87.